The monoisotopic (exact) mass is 1180 g/mol. The molecule has 8 amide bonds. The number of para-hydroxylation sites is 1. The number of aromatic amines is 1. The molecule has 0 aliphatic carbocycles. The van der Waals surface area contributed by atoms with Crippen molar-refractivity contribution in [3.8, 4) is 0 Å². The van der Waals surface area contributed by atoms with E-state index in [2.05, 4.69) is 41.9 Å². The van der Waals surface area contributed by atoms with E-state index < -0.39 is 102 Å². The molecule has 2 aromatic heterocycles. The lowest BCUT2D eigenvalue weighted by molar-refractivity contribution is -0.146. The number of hydrogen-bond donors (Lipinski definition) is 11. The number of nitrogens with two attached hydrogens (primary N) is 3. The van der Waals surface area contributed by atoms with Crippen LogP contribution in [0.5, 0.6) is 0 Å². The number of benzene rings is 4. The second kappa shape index (κ2) is 30.0. The number of hydrogen-bond acceptors (Lipinski definition) is 14. The number of rotatable bonds is 18. The Morgan fingerprint density at radius 3 is 2.15 bits per heavy atom. The average molecular weight is 1180 g/mol. The molecular formula is C58H69ClN12O9S2. The van der Waals surface area contributed by atoms with Crippen molar-refractivity contribution in [1.82, 2.24) is 46.8 Å². The lowest BCUT2D eigenvalue weighted by Gasteiger charge is -2.34. The van der Waals surface area contributed by atoms with Crippen LogP contribution in [0.15, 0.2) is 122 Å². The molecule has 6 aromatic rings. The smallest absolute Gasteiger partial charge is 0.246 e. The molecule has 3 unspecified atom stereocenters. The zero-order valence-electron chi connectivity index (χ0n) is 45.3. The zero-order valence-corrected chi connectivity index (χ0v) is 47.7. The van der Waals surface area contributed by atoms with Crippen molar-refractivity contribution in [2.75, 3.05) is 25.1 Å². The van der Waals surface area contributed by atoms with Crippen LogP contribution >= 0.6 is 33.2 Å². The van der Waals surface area contributed by atoms with Gasteiger partial charge >= 0.3 is 0 Å². The maximum Gasteiger partial charge on any atom is 0.246 e. The number of aliphatic hydroxyl groups is 1. The lowest BCUT2D eigenvalue weighted by atomic mass is 10.0. The van der Waals surface area contributed by atoms with Gasteiger partial charge in [0, 0.05) is 72.3 Å². The van der Waals surface area contributed by atoms with Crippen LogP contribution in [0.4, 0.5) is 0 Å². The second-order valence-electron chi connectivity index (χ2n) is 20.2. The Balaban J connectivity index is 1.26. The number of carbonyl (C=O) groups is 8. The Bertz CT molecular complexity index is 3210. The predicted molar refractivity (Wildman–Crippen MR) is 318 cm³/mol. The molecule has 1 aliphatic heterocycles. The van der Waals surface area contributed by atoms with E-state index in [4.69, 9.17) is 28.8 Å². The van der Waals surface area contributed by atoms with Gasteiger partial charge in [-0.2, -0.15) is 0 Å². The number of fused-ring (bicyclic) bond motifs is 2. The van der Waals surface area contributed by atoms with Crippen molar-refractivity contribution >= 4 is 102 Å². The number of halogens is 1. The van der Waals surface area contributed by atoms with E-state index in [1.54, 1.807) is 54.9 Å². The Hall–Kier alpha value is -7.54. The van der Waals surface area contributed by atoms with Gasteiger partial charge in [-0.3, -0.25) is 43.3 Å². The summed E-state index contributed by atoms with van der Waals surface area (Å²) in [5.74, 6) is -7.02. The van der Waals surface area contributed by atoms with Crippen LogP contribution in [0.1, 0.15) is 48.4 Å². The van der Waals surface area contributed by atoms with Crippen LogP contribution in [0.3, 0.4) is 0 Å². The average Bonchev–Trinajstić information content (AvgIpc) is 4.09. The third-order valence-corrected chi connectivity index (χ3v) is 16.7. The highest BCUT2D eigenvalue weighted by Crippen LogP contribution is 2.25. The molecule has 0 bridgehead atoms. The van der Waals surface area contributed by atoms with Gasteiger partial charge in [-0.15, -0.1) is 0 Å². The number of aromatic nitrogens is 2. The van der Waals surface area contributed by atoms with Crippen molar-refractivity contribution in [2.45, 2.75) is 106 Å². The highest BCUT2D eigenvalue weighted by molar-refractivity contribution is 8.76. The molecule has 24 heteroatoms. The Labute approximate surface area is 487 Å². The number of pyridine rings is 1. The molecular weight excluding hydrogens is 1110 g/mol. The number of H-pyrrole nitrogens is 1. The standard InChI is InChI=1S/C58H69ClN12O9S2/c1-33(72)50-57(79)70-49(55(77)66-45(51(62)73)26-35-16-19-37-11-3-4-12-38(37)24-35)32-82-81-31-48(69-52(74)42(61)25-34-17-20-40(59)21-18-34)56(78)67-46(27-36-10-9-23-63-29-36)53(75)68-47(28-39-30-64-43-14-6-5-13-41(39)43)54(76)65-44(15-7-8-22-60)58(80)71(50)2/h3-6,9-14,16-21,23-24,29-30,33,42,44-50,64,72H,7-8,15,22,25-28,31-32,60-61H2,1-2H3,(H2,62,73)(H,65,76)(H,66,77)(H,67,78)(H,68,75)(H,69,74)(H,70,79)/t33-,42+,44+,45+,46+,47?,48?,49?,50+/m1/s1. The largest absolute Gasteiger partial charge is 0.391 e. The summed E-state index contributed by atoms with van der Waals surface area (Å²) in [6.07, 6.45) is 3.84. The normalized spacial score (nSPS) is 21.0. The van der Waals surface area contributed by atoms with E-state index in [0.29, 0.717) is 40.1 Å². The van der Waals surface area contributed by atoms with Crippen molar-refractivity contribution in [2.24, 2.45) is 17.2 Å². The van der Waals surface area contributed by atoms with Gasteiger partial charge < -0.3 is 64.1 Å². The first-order valence-electron chi connectivity index (χ1n) is 26.8. The first-order chi connectivity index (χ1) is 39.4. The van der Waals surface area contributed by atoms with Crippen LogP contribution in [-0.4, -0.2) is 147 Å². The highest BCUT2D eigenvalue weighted by atomic mass is 35.5. The minimum absolute atomic E-state index is 0.0155. The minimum atomic E-state index is -1.65. The summed E-state index contributed by atoms with van der Waals surface area (Å²) in [6, 6.07) is 19.5. The van der Waals surface area contributed by atoms with Gasteiger partial charge in [-0.05, 0) is 96.4 Å². The number of likely N-dealkylation sites (N-methyl/N-ethyl adjacent to an activating group) is 1. The number of nitrogens with zero attached hydrogens (tertiary/aromatic N) is 2. The molecule has 14 N–H and O–H groups in total. The fourth-order valence-electron chi connectivity index (χ4n) is 9.56. The van der Waals surface area contributed by atoms with E-state index in [1.165, 1.54) is 20.2 Å². The Kier molecular flexibility index (Phi) is 22.7. The molecule has 0 saturated carbocycles. The molecule has 1 fully saturated rings. The van der Waals surface area contributed by atoms with Crippen LogP contribution in [0.2, 0.25) is 5.02 Å². The van der Waals surface area contributed by atoms with E-state index in [0.717, 1.165) is 48.2 Å². The highest BCUT2D eigenvalue weighted by Gasteiger charge is 2.39. The molecule has 0 spiro atoms. The third-order valence-electron chi connectivity index (χ3n) is 14.0. The summed E-state index contributed by atoms with van der Waals surface area (Å²) in [6.45, 7) is 1.54. The van der Waals surface area contributed by atoms with Gasteiger partial charge in [0.25, 0.3) is 0 Å². The van der Waals surface area contributed by atoms with Crippen LogP contribution < -0.4 is 49.1 Å². The van der Waals surface area contributed by atoms with Gasteiger partial charge in [-0.1, -0.05) is 112 Å². The third kappa shape index (κ3) is 17.2. The number of primary amides is 1. The molecule has 9 atom stereocenters. The van der Waals surface area contributed by atoms with Crippen LogP contribution in [0.25, 0.3) is 21.7 Å². The summed E-state index contributed by atoms with van der Waals surface area (Å²) >= 11 is 6.11. The van der Waals surface area contributed by atoms with Crippen molar-refractivity contribution < 1.29 is 43.5 Å². The fourth-order valence-corrected chi connectivity index (χ4v) is 12.0. The summed E-state index contributed by atoms with van der Waals surface area (Å²) in [4.78, 5) is 124. The van der Waals surface area contributed by atoms with E-state index in [9.17, 15) is 43.5 Å². The topological polar surface area (TPSA) is 339 Å². The zero-order chi connectivity index (χ0) is 58.9. The molecule has 21 nitrogen and oxygen atoms in total. The SMILES string of the molecule is C[C@@H](O)[C@H]1C(=O)NC(C(=O)N[C@@H](Cc2ccc3ccccc3c2)C(N)=O)CSSCC(NC(=O)[C@@H](N)Cc2ccc(Cl)cc2)C(=O)N[C@@H](Cc2cccnc2)C(=O)NC(Cc2c[nH]c3ccccc23)C(=O)N[C@@H](CCCCN)C(=O)N1C. The number of carbonyl (C=O) groups excluding carboxylic acids is 8. The number of nitrogens with one attached hydrogen (secondary N) is 7. The molecule has 3 heterocycles. The Morgan fingerprint density at radius 2 is 1.44 bits per heavy atom. The first-order valence-corrected chi connectivity index (χ1v) is 29.7. The van der Waals surface area contributed by atoms with E-state index in [-0.39, 0.29) is 50.2 Å². The molecule has 0 radical (unpaired) electrons. The lowest BCUT2D eigenvalue weighted by Crippen LogP contribution is -2.62. The van der Waals surface area contributed by atoms with Crippen molar-refractivity contribution in [3.63, 3.8) is 0 Å². The Morgan fingerprint density at radius 1 is 0.768 bits per heavy atom. The van der Waals surface area contributed by atoms with Gasteiger partial charge in [0.15, 0.2) is 0 Å². The maximum absolute atomic E-state index is 14.9. The molecule has 82 heavy (non-hydrogen) atoms. The van der Waals surface area contributed by atoms with Crippen molar-refractivity contribution in [3.05, 3.63) is 149 Å². The summed E-state index contributed by atoms with van der Waals surface area (Å²) in [5.41, 5.74) is 21.5. The summed E-state index contributed by atoms with van der Waals surface area (Å²) < 4.78 is 0. The fraction of sp³-hybridized carbons (Fsp3) is 0.362. The van der Waals surface area contributed by atoms with Gasteiger partial charge in [0.05, 0.1) is 12.1 Å². The molecule has 434 valence electrons. The summed E-state index contributed by atoms with van der Waals surface area (Å²) in [5, 5.41) is 31.0. The number of aliphatic hydroxyl groups excluding tert-OH is 1. The van der Waals surface area contributed by atoms with Gasteiger partial charge in [0.2, 0.25) is 47.3 Å². The van der Waals surface area contributed by atoms with Gasteiger partial charge in [-0.25, -0.2) is 0 Å². The predicted octanol–water partition coefficient (Wildman–Crippen LogP) is 2.09. The minimum Gasteiger partial charge on any atom is -0.391 e. The summed E-state index contributed by atoms with van der Waals surface area (Å²) in [7, 11) is 3.33. The maximum atomic E-state index is 14.9. The van der Waals surface area contributed by atoms with Crippen LogP contribution in [-0.2, 0) is 64.0 Å². The molecule has 1 saturated heterocycles. The number of unbranched alkanes of at least 4 members (excludes halogenated alkanes) is 1. The molecule has 1 aliphatic rings. The first kappa shape index (κ1) is 62.1. The van der Waals surface area contributed by atoms with Crippen LogP contribution in [0, 0.1) is 0 Å². The van der Waals surface area contributed by atoms with E-state index in [1.807, 2.05) is 60.7 Å². The number of amides is 8. The second-order valence-corrected chi connectivity index (χ2v) is 23.2. The quantitative estimate of drug-likeness (QED) is 0.0434. The molecule has 7 rings (SSSR count). The molecule has 4 aromatic carbocycles. The van der Waals surface area contributed by atoms with Crippen molar-refractivity contribution in [1.29, 1.82) is 0 Å². The van der Waals surface area contributed by atoms with Gasteiger partial charge in [0.1, 0.15) is 42.3 Å². The van der Waals surface area contributed by atoms with E-state index >= 15 is 0 Å².